The van der Waals surface area contributed by atoms with Gasteiger partial charge in [0.2, 0.25) is 0 Å². The first-order valence-corrected chi connectivity index (χ1v) is 5.22. The second-order valence-electron chi connectivity index (χ2n) is 3.70. The highest BCUT2D eigenvalue weighted by molar-refractivity contribution is 6.06. The van der Waals surface area contributed by atoms with Crippen molar-refractivity contribution in [2.45, 2.75) is 19.4 Å². The molecule has 1 saturated heterocycles. The summed E-state index contributed by atoms with van der Waals surface area (Å²) in [6.07, 6.45) is 2.68. The number of carbonyl (C=O) groups excluding carboxylic acids is 1. The number of aliphatic imine (C=N–C) groups is 1. The van der Waals surface area contributed by atoms with Crippen LogP contribution in [0.25, 0.3) is 0 Å². The molecule has 1 aliphatic rings. The van der Waals surface area contributed by atoms with Crippen molar-refractivity contribution in [3.8, 4) is 0 Å². The van der Waals surface area contributed by atoms with E-state index in [9.17, 15) is 4.79 Å². The van der Waals surface area contributed by atoms with Gasteiger partial charge in [0.15, 0.2) is 5.96 Å². The lowest BCUT2D eigenvalue weighted by Crippen LogP contribution is -2.24. The highest BCUT2D eigenvalue weighted by Gasteiger charge is 2.32. The smallest absolute Gasteiger partial charge is 0.254 e. The van der Waals surface area contributed by atoms with E-state index < -0.39 is 0 Å². The third-order valence-electron chi connectivity index (χ3n) is 2.59. The van der Waals surface area contributed by atoms with E-state index in [4.69, 9.17) is 0 Å². The van der Waals surface area contributed by atoms with Crippen LogP contribution in [0.4, 0.5) is 0 Å². The van der Waals surface area contributed by atoms with Crippen LogP contribution in [0.15, 0.2) is 11.2 Å². The quantitative estimate of drug-likeness (QED) is 0.722. The summed E-state index contributed by atoms with van der Waals surface area (Å²) in [5, 5.41) is 10.0. The zero-order valence-corrected chi connectivity index (χ0v) is 9.61. The molecule has 2 heterocycles. The fourth-order valence-corrected chi connectivity index (χ4v) is 1.84. The van der Waals surface area contributed by atoms with Crippen LogP contribution in [-0.4, -0.2) is 28.7 Å². The largest absolute Gasteiger partial charge is 0.340 e. The van der Waals surface area contributed by atoms with E-state index in [-0.39, 0.29) is 11.9 Å². The summed E-state index contributed by atoms with van der Waals surface area (Å²) in [7, 11) is 3.49. The van der Waals surface area contributed by atoms with Crippen molar-refractivity contribution in [1.82, 2.24) is 20.4 Å². The van der Waals surface area contributed by atoms with Gasteiger partial charge < -0.3 is 5.32 Å². The summed E-state index contributed by atoms with van der Waals surface area (Å²) in [5.41, 5.74) is 1.86. The SMILES string of the molecule is CCc1nn(C)cc1C1NC(=NC)NC1=O. The highest BCUT2D eigenvalue weighted by atomic mass is 16.2. The maximum atomic E-state index is 11.7. The summed E-state index contributed by atoms with van der Waals surface area (Å²) < 4.78 is 1.73. The van der Waals surface area contributed by atoms with E-state index in [2.05, 4.69) is 20.7 Å². The number of hydrogen-bond donors (Lipinski definition) is 2. The van der Waals surface area contributed by atoms with Crippen LogP contribution < -0.4 is 10.6 Å². The molecule has 1 aromatic rings. The molecule has 86 valence electrons. The zero-order valence-electron chi connectivity index (χ0n) is 9.61. The Bertz CT molecular complexity index is 448. The lowest BCUT2D eigenvalue weighted by atomic mass is 10.1. The van der Waals surface area contributed by atoms with E-state index in [1.807, 2.05) is 20.2 Å². The number of rotatable bonds is 2. The van der Waals surface area contributed by atoms with Crippen LogP contribution in [-0.2, 0) is 18.3 Å². The van der Waals surface area contributed by atoms with Gasteiger partial charge in [-0.2, -0.15) is 5.10 Å². The average molecular weight is 221 g/mol. The maximum Gasteiger partial charge on any atom is 0.254 e. The second-order valence-corrected chi connectivity index (χ2v) is 3.70. The third kappa shape index (κ3) is 1.66. The number of aromatic nitrogens is 2. The summed E-state index contributed by atoms with van der Waals surface area (Å²) in [4.78, 5) is 15.7. The molecule has 0 bridgehead atoms. The fourth-order valence-electron chi connectivity index (χ4n) is 1.84. The molecule has 6 heteroatoms. The number of nitrogens with one attached hydrogen (secondary N) is 2. The van der Waals surface area contributed by atoms with Crippen LogP contribution in [0, 0.1) is 0 Å². The normalized spacial score (nSPS) is 22.3. The molecule has 1 aromatic heterocycles. The summed E-state index contributed by atoms with van der Waals surface area (Å²) in [5.74, 6) is 0.434. The number of carbonyl (C=O) groups is 1. The molecule has 1 fully saturated rings. The average Bonchev–Trinajstić information content (AvgIpc) is 2.81. The van der Waals surface area contributed by atoms with E-state index >= 15 is 0 Å². The number of aryl methyl sites for hydroxylation is 2. The number of guanidine groups is 1. The lowest BCUT2D eigenvalue weighted by molar-refractivity contribution is -0.120. The summed E-state index contributed by atoms with van der Waals surface area (Å²) in [6, 6.07) is -0.373. The Labute approximate surface area is 93.7 Å². The van der Waals surface area contributed by atoms with Crippen molar-refractivity contribution in [3.05, 3.63) is 17.5 Å². The van der Waals surface area contributed by atoms with Gasteiger partial charge in [0.05, 0.1) is 5.69 Å². The van der Waals surface area contributed by atoms with Crippen molar-refractivity contribution in [2.24, 2.45) is 12.0 Å². The molecule has 0 radical (unpaired) electrons. The van der Waals surface area contributed by atoms with Gasteiger partial charge in [0.1, 0.15) is 6.04 Å². The Morgan fingerprint density at radius 1 is 1.62 bits per heavy atom. The lowest BCUT2D eigenvalue weighted by Gasteiger charge is -2.06. The Hall–Kier alpha value is -1.85. The minimum absolute atomic E-state index is 0.0803. The summed E-state index contributed by atoms with van der Waals surface area (Å²) in [6.45, 7) is 2.02. The molecular formula is C10H15N5O. The summed E-state index contributed by atoms with van der Waals surface area (Å²) >= 11 is 0. The van der Waals surface area contributed by atoms with Crippen LogP contribution in [0.1, 0.15) is 24.2 Å². The van der Waals surface area contributed by atoms with Crippen LogP contribution in [0.5, 0.6) is 0 Å². The van der Waals surface area contributed by atoms with Crippen LogP contribution in [0.2, 0.25) is 0 Å². The van der Waals surface area contributed by atoms with Crippen LogP contribution >= 0.6 is 0 Å². The zero-order chi connectivity index (χ0) is 11.7. The van der Waals surface area contributed by atoms with Gasteiger partial charge in [-0.05, 0) is 6.42 Å². The molecule has 6 nitrogen and oxygen atoms in total. The molecule has 16 heavy (non-hydrogen) atoms. The van der Waals surface area contributed by atoms with E-state index in [1.165, 1.54) is 0 Å². The Balaban J connectivity index is 2.34. The minimum Gasteiger partial charge on any atom is -0.340 e. The minimum atomic E-state index is -0.373. The molecule has 0 aliphatic carbocycles. The van der Waals surface area contributed by atoms with Crippen molar-refractivity contribution in [3.63, 3.8) is 0 Å². The van der Waals surface area contributed by atoms with Gasteiger partial charge >= 0.3 is 0 Å². The molecule has 2 rings (SSSR count). The fraction of sp³-hybridized carbons (Fsp3) is 0.500. The Kier molecular flexibility index (Phi) is 2.64. The highest BCUT2D eigenvalue weighted by Crippen LogP contribution is 2.20. The van der Waals surface area contributed by atoms with Gasteiger partial charge in [0.25, 0.3) is 5.91 Å². The number of hydrogen-bond acceptors (Lipinski definition) is 3. The van der Waals surface area contributed by atoms with Gasteiger partial charge in [-0.3, -0.25) is 19.8 Å². The van der Waals surface area contributed by atoms with E-state index in [0.717, 1.165) is 17.7 Å². The molecule has 1 unspecified atom stereocenters. The van der Waals surface area contributed by atoms with Crippen molar-refractivity contribution >= 4 is 11.9 Å². The molecule has 2 N–H and O–H groups in total. The van der Waals surface area contributed by atoms with Gasteiger partial charge in [-0.15, -0.1) is 0 Å². The van der Waals surface area contributed by atoms with Gasteiger partial charge in [-0.25, -0.2) is 0 Å². The topological polar surface area (TPSA) is 71.3 Å². The number of amides is 1. The first-order valence-electron chi connectivity index (χ1n) is 5.22. The van der Waals surface area contributed by atoms with Crippen LogP contribution in [0.3, 0.4) is 0 Å². The molecule has 1 amide bonds. The molecule has 0 saturated carbocycles. The molecule has 0 spiro atoms. The van der Waals surface area contributed by atoms with E-state index in [0.29, 0.717) is 5.96 Å². The standard InChI is InChI=1S/C10H15N5O/c1-4-7-6(5-15(3)14-7)8-9(16)13-10(11-2)12-8/h5,8H,4H2,1-3H3,(H2,11,12,13,16). The maximum absolute atomic E-state index is 11.7. The van der Waals surface area contributed by atoms with Crippen molar-refractivity contribution in [2.75, 3.05) is 7.05 Å². The van der Waals surface area contributed by atoms with E-state index in [1.54, 1.807) is 11.7 Å². The molecular weight excluding hydrogens is 206 g/mol. The first-order chi connectivity index (χ1) is 7.65. The monoisotopic (exact) mass is 221 g/mol. The molecule has 1 atom stereocenters. The molecule has 1 aliphatic heterocycles. The second kappa shape index (κ2) is 3.96. The first kappa shape index (κ1) is 10.7. The van der Waals surface area contributed by atoms with Gasteiger partial charge in [-0.1, -0.05) is 6.92 Å². The third-order valence-corrected chi connectivity index (χ3v) is 2.59. The predicted molar refractivity (Wildman–Crippen MR) is 60.0 cm³/mol. The number of nitrogens with zero attached hydrogens (tertiary/aromatic N) is 3. The van der Waals surface area contributed by atoms with Crippen molar-refractivity contribution < 1.29 is 4.79 Å². The van der Waals surface area contributed by atoms with Crippen molar-refractivity contribution in [1.29, 1.82) is 0 Å². The van der Waals surface area contributed by atoms with Gasteiger partial charge in [0, 0.05) is 25.9 Å². The Morgan fingerprint density at radius 2 is 2.38 bits per heavy atom. The molecule has 0 aromatic carbocycles. The predicted octanol–water partition coefficient (Wildman–Crippen LogP) is -0.271. The Morgan fingerprint density at radius 3 is 2.94 bits per heavy atom.